The van der Waals surface area contributed by atoms with Gasteiger partial charge in [-0.05, 0) is 45.7 Å². The molecule has 0 aromatic carbocycles. The third-order valence-electron chi connectivity index (χ3n) is 3.93. The van der Waals surface area contributed by atoms with Gasteiger partial charge in [-0.2, -0.15) is 0 Å². The Morgan fingerprint density at radius 2 is 1.77 bits per heavy atom. The summed E-state index contributed by atoms with van der Waals surface area (Å²) < 4.78 is 11.0. The molecule has 2 rings (SSSR count). The minimum atomic E-state index is -0.516. The Balaban J connectivity index is 1.69. The highest BCUT2D eigenvalue weighted by atomic mass is 16.6. The van der Waals surface area contributed by atoms with Crippen LogP contribution >= 0.6 is 0 Å². The number of piperidine rings is 1. The van der Waals surface area contributed by atoms with E-state index in [9.17, 15) is 14.4 Å². The molecule has 142 valence electrons. The molecule has 1 amide bonds. The topological polar surface area (TPSA) is 85.8 Å². The van der Waals surface area contributed by atoms with E-state index in [0.717, 1.165) is 0 Å². The quantitative estimate of drug-likeness (QED) is 0.571. The Kier molecular flexibility index (Phi) is 6.85. The zero-order chi connectivity index (χ0) is 19.2. The van der Waals surface area contributed by atoms with E-state index in [1.807, 2.05) is 20.8 Å². The number of hydrogen-bond donors (Lipinski definition) is 0. The lowest BCUT2D eigenvalue weighted by Gasteiger charge is -2.33. The fourth-order valence-electron chi connectivity index (χ4n) is 2.61. The Morgan fingerprint density at radius 3 is 2.35 bits per heavy atom. The SMILES string of the molecule is CC(C)(C)OC(=O)N1CCC(OCC(=O)CC(=O)c2ccncc2)CC1. The fourth-order valence-corrected chi connectivity index (χ4v) is 2.61. The standard InChI is InChI=1S/C19H26N2O5/c1-19(2,3)26-18(24)21-10-6-16(7-11-21)25-13-15(22)12-17(23)14-4-8-20-9-5-14/h4-5,8-9,16H,6-7,10-13H2,1-3H3. The molecule has 7 heteroatoms. The van der Waals surface area contributed by atoms with Crippen LogP contribution in [0.5, 0.6) is 0 Å². The van der Waals surface area contributed by atoms with E-state index in [-0.39, 0.29) is 36.8 Å². The molecule has 7 nitrogen and oxygen atoms in total. The predicted molar refractivity (Wildman–Crippen MR) is 95.0 cm³/mol. The van der Waals surface area contributed by atoms with Crippen molar-refractivity contribution in [3.05, 3.63) is 30.1 Å². The van der Waals surface area contributed by atoms with Crippen LogP contribution in [-0.2, 0) is 14.3 Å². The molecule has 26 heavy (non-hydrogen) atoms. The number of amides is 1. The van der Waals surface area contributed by atoms with Crippen LogP contribution in [0.25, 0.3) is 0 Å². The van der Waals surface area contributed by atoms with E-state index in [4.69, 9.17) is 9.47 Å². The molecule has 0 N–H and O–H groups in total. The lowest BCUT2D eigenvalue weighted by molar-refractivity contribution is -0.125. The monoisotopic (exact) mass is 362 g/mol. The Hall–Kier alpha value is -2.28. The molecule has 1 aliphatic heterocycles. The van der Waals surface area contributed by atoms with Gasteiger partial charge in [-0.25, -0.2) is 4.79 Å². The molecule has 1 fully saturated rings. The van der Waals surface area contributed by atoms with Crippen LogP contribution in [0.2, 0.25) is 0 Å². The first-order valence-corrected chi connectivity index (χ1v) is 8.79. The molecule has 1 aromatic rings. The molecule has 0 bridgehead atoms. The molecule has 0 radical (unpaired) electrons. The summed E-state index contributed by atoms with van der Waals surface area (Å²) >= 11 is 0. The molecule has 0 atom stereocenters. The molecule has 0 aliphatic carbocycles. The Bertz CT molecular complexity index is 631. The third-order valence-corrected chi connectivity index (χ3v) is 3.93. The second-order valence-corrected chi connectivity index (χ2v) is 7.35. The minimum absolute atomic E-state index is 0.0892. The third kappa shape index (κ3) is 6.55. The van der Waals surface area contributed by atoms with Crippen LogP contribution < -0.4 is 0 Å². The summed E-state index contributed by atoms with van der Waals surface area (Å²) in [6.07, 6.45) is 3.74. The van der Waals surface area contributed by atoms with Gasteiger partial charge in [0.15, 0.2) is 11.6 Å². The summed E-state index contributed by atoms with van der Waals surface area (Å²) in [6, 6.07) is 3.17. The van der Waals surface area contributed by atoms with Crippen LogP contribution in [0.15, 0.2) is 24.5 Å². The number of hydrogen-bond acceptors (Lipinski definition) is 6. The molecule has 0 saturated carbocycles. The first-order chi connectivity index (χ1) is 12.2. The van der Waals surface area contributed by atoms with Crippen molar-refractivity contribution in [3.63, 3.8) is 0 Å². The van der Waals surface area contributed by atoms with Crippen molar-refractivity contribution in [1.82, 2.24) is 9.88 Å². The van der Waals surface area contributed by atoms with Gasteiger partial charge in [0.05, 0.1) is 12.5 Å². The summed E-state index contributed by atoms with van der Waals surface area (Å²) in [6.45, 7) is 6.47. The zero-order valence-corrected chi connectivity index (χ0v) is 15.6. The maximum absolute atomic E-state index is 12.0. The summed E-state index contributed by atoms with van der Waals surface area (Å²) in [5.41, 5.74) is -0.0444. The van der Waals surface area contributed by atoms with E-state index in [1.54, 1.807) is 17.0 Å². The van der Waals surface area contributed by atoms with Crippen LogP contribution in [0.3, 0.4) is 0 Å². The Morgan fingerprint density at radius 1 is 1.15 bits per heavy atom. The smallest absolute Gasteiger partial charge is 0.410 e. The van der Waals surface area contributed by atoms with Crippen molar-refractivity contribution in [2.45, 2.75) is 51.7 Å². The highest BCUT2D eigenvalue weighted by Gasteiger charge is 2.27. The summed E-state index contributed by atoms with van der Waals surface area (Å²) in [4.78, 5) is 41.4. The van der Waals surface area contributed by atoms with Crippen molar-refractivity contribution in [3.8, 4) is 0 Å². The van der Waals surface area contributed by atoms with Gasteiger partial charge in [0.1, 0.15) is 12.2 Å². The first kappa shape index (κ1) is 20.0. The van der Waals surface area contributed by atoms with Crippen LogP contribution in [0, 0.1) is 0 Å². The van der Waals surface area contributed by atoms with Gasteiger partial charge in [0.2, 0.25) is 0 Å². The fraction of sp³-hybridized carbons (Fsp3) is 0.579. The highest BCUT2D eigenvalue weighted by Crippen LogP contribution is 2.17. The van der Waals surface area contributed by atoms with Crippen molar-refractivity contribution in [2.75, 3.05) is 19.7 Å². The van der Waals surface area contributed by atoms with Crippen molar-refractivity contribution in [2.24, 2.45) is 0 Å². The number of ether oxygens (including phenoxy) is 2. The minimum Gasteiger partial charge on any atom is -0.444 e. The van der Waals surface area contributed by atoms with E-state index in [0.29, 0.717) is 31.5 Å². The van der Waals surface area contributed by atoms with Crippen LogP contribution in [0.1, 0.15) is 50.4 Å². The van der Waals surface area contributed by atoms with E-state index in [2.05, 4.69) is 4.98 Å². The molecular formula is C19H26N2O5. The number of carbonyl (C=O) groups is 3. The van der Waals surface area contributed by atoms with Gasteiger partial charge < -0.3 is 14.4 Å². The second-order valence-electron chi connectivity index (χ2n) is 7.35. The van der Waals surface area contributed by atoms with E-state index in [1.165, 1.54) is 12.4 Å². The number of ketones is 2. The number of carbonyl (C=O) groups excluding carboxylic acids is 3. The summed E-state index contributed by atoms with van der Waals surface area (Å²) in [7, 11) is 0. The average Bonchev–Trinajstić information content (AvgIpc) is 2.59. The maximum atomic E-state index is 12.0. The average molecular weight is 362 g/mol. The zero-order valence-electron chi connectivity index (χ0n) is 15.6. The van der Waals surface area contributed by atoms with Gasteiger partial charge in [0.25, 0.3) is 0 Å². The second kappa shape index (κ2) is 8.89. The van der Waals surface area contributed by atoms with Crippen molar-refractivity contribution >= 4 is 17.7 Å². The number of rotatable bonds is 6. The Labute approximate surface area is 153 Å². The highest BCUT2D eigenvalue weighted by molar-refractivity contribution is 6.08. The van der Waals surface area contributed by atoms with Gasteiger partial charge in [-0.15, -0.1) is 0 Å². The number of nitrogens with zero attached hydrogens (tertiary/aromatic N) is 2. The predicted octanol–water partition coefficient (Wildman–Crippen LogP) is 2.64. The normalized spacial score (nSPS) is 15.6. The molecular weight excluding hydrogens is 336 g/mol. The molecule has 0 spiro atoms. The van der Waals surface area contributed by atoms with Gasteiger partial charge in [-0.1, -0.05) is 0 Å². The molecule has 1 aromatic heterocycles. The van der Waals surface area contributed by atoms with Gasteiger partial charge >= 0.3 is 6.09 Å². The van der Waals surface area contributed by atoms with Gasteiger partial charge in [-0.3, -0.25) is 14.6 Å². The van der Waals surface area contributed by atoms with Crippen LogP contribution in [0.4, 0.5) is 4.79 Å². The lowest BCUT2D eigenvalue weighted by Crippen LogP contribution is -2.43. The van der Waals surface area contributed by atoms with Crippen molar-refractivity contribution in [1.29, 1.82) is 0 Å². The first-order valence-electron chi connectivity index (χ1n) is 8.79. The number of pyridine rings is 1. The molecule has 1 aliphatic rings. The van der Waals surface area contributed by atoms with Crippen molar-refractivity contribution < 1.29 is 23.9 Å². The number of Topliss-reactive ketones (excluding diaryl/α,β-unsaturated/α-hetero) is 2. The van der Waals surface area contributed by atoms with Gasteiger partial charge in [0, 0.05) is 31.0 Å². The summed E-state index contributed by atoms with van der Waals surface area (Å²) in [5.74, 6) is -0.484. The number of aromatic nitrogens is 1. The number of likely N-dealkylation sites (tertiary alicyclic amines) is 1. The molecule has 1 saturated heterocycles. The maximum Gasteiger partial charge on any atom is 0.410 e. The van der Waals surface area contributed by atoms with Crippen LogP contribution in [-0.4, -0.2) is 58.9 Å². The van der Waals surface area contributed by atoms with E-state index < -0.39 is 5.60 Å². The lowest BCUT2D eigenvalue weighted by atomic mass is 10.1. The van der Waals surface area contributed by atoms with E-state index >= 15 is 0 Å². The molecule has 2 heterocycles. The largest absolute Gasteiger partial charge is 0.444 e. The molecule has 0 unspecified atom stereocenters. The summed E-state index contributed by atoms with van der Waals surface area (Å²) in [5, 5.41) is 0.